The molecule has 0 bridgehead atoms. The first-order chi connectivity index (χ1) is 7.58. The molecule has 16 heavy (non-hydrogen) atoms. The third-order valence-corrected chi connectivity index (χ3v) is 3.25. The quantitative estimate of drug-likeness (QED) is 0.831. The molecule has 86 valence electrons. The number of nitrogens with zero attached hydrogens (tertiary/aromatic N) is 2. The number of hydrogen-bond donors (Lipinski definition) is 1. The monoisotopic (exact) mass is 220 g/mol. The number of rotatable bonds is 2. The van der Waals surface area contributed by atoms with Gasteiger partial charge in [0.1, 0.15) is 5.82 Å². The van der Waals surface area contributed by atoms with E-state index in [1.165, 1.54) is 6.42 Å². The van der Waals surface area contributed by atoms with E-state index in [2.05, 4.69) is 16.9 Å². The maximum Gasteiger partial charge on any atom is 0.354 e. The van der Waals surface area contributed by atoms with Crippen molar-refractivity contribution in [2.24, 2.45) is 5.92 Å². The van der Waals surface area contributed by atoms with Gasteiger partial charge in [-0.25, -0.2) is 14.8 Å². The summed E-state index contributed by atoms with van der Waals surface area (Å²) in [6, 6.07) is 0. The van der Waals surface area contributed by atoms with Gasteiger partial charge in [0.05, 0.1) is 0 Å². The van der Waals surface area contributed by atoms with Crippen molar-refractivity contribution in [2.75, 3.05) is 0 Å². The molecule has 0 radical (unpaired) electrons. The molecule has 2 atom stereocenters. The van der Waals surface area contributed by atoms with Crippen LogP contribution in [0.25, 0.3) is 0 Å². The molecule has 0 aliphatic heterocycles. The van der Waals surface area contributed by atoms with Gasteiger partial charge in [-0.2, -0.15) is 0 Å². The second-order valence-electron chi connectivity index (χ2n) is 4.68. The van der Waals surface area contributed by atoms with Crippen LogP contribution >= 0.6 is 0 Å². The van der Waals surface area contributed by atoms with Crippen LogP contribution in [0.1, 0.15) is 54.0 Å². The van der Waals surface area contributed by atoms with Crippen molar-refractivity contribution in [2.45, 2.75) is 39.0 Å². The Bertz CT molecular complexity index is 417. The predicted octanol–water partition coefficient (Wildman–Crippen LogP) is 2.39. The first-order valence-corrected chi connectivity index (χ1v) is 5.64. The van der Waals surface area contributed by atoms with Gasteiger partial charge in [0.15, 0.2) is 5.69 Å². The van der Waals surface area contributed by atoms with Crippen LogP contribution in [0, 0.1) is 12.8 Å². The van der Waals surface area contributed by atoms with Crippen molar-refractivity contribution in [1.82, 2.24) is 9.97 Å². The largest absolute Gasteiger partial charge is 0.477 e. The minimum atomic E-state index is -0.966. The molecule has 1 saturated carbocycles. The Morgan fingerprint density at radius 2 is 2.25 bits per heavy atom. The second-order valence-corrected chi connectivity index (χ2v) is 4.68. The summed E-state index contributed by atoms with van der Waals surface area (Å²) < 4.78 is 0. The topological polar surface area (TPSA) is 63.1 Å². The normalized spacial score (nSPS) is 24.6. The Balaban J connectivity index is 2.29. The average molecular weight is 220 g/mol. The highest BCUT2D eigenvalue weighted by molar-refractivity contribution is 5.86. The van der Waals surface area contributed by atoms with Crippen molar-refractivity contribution in [3.05, 3.63) is 23.3 Å². The van der Waals surface area contributed by atoms with E-state index in [1.54, 1.807) is 13.1 Å². The predicted molar refractivity (Wildman–Crippen MR) is 59.5 cm³/mol. The van der Waals surface area contributed by atoms with Gasteiger partial charge in [-0.15, -0.1) is 0 Å². The average Bonchev–Trinajstić information content (AvgIpc) is 2.65. The molecule has 1 heterocycles. The molecule has 1 fully saturated rings. The number of carboxylic acid groups (broad SMARTS) is 1. The molecule has 4 nitrogen and oxygen atoms in total. The van der Waals surface area contributed by atoms with Gasteiger partial charge < -0.3 is 5.11 Å². The van der Waals surface area contributed by atoms with Gasteiger partial charge in [-0.3, -0.25) is 0 Å². The summed E-state index contributed by atoms with van der Waals surface area (Å²) in [5.41, 5.74) is 0.770. The van der Waals surface area contributed by atoms with Gasteiger partial charge >= 0.3 is 5.97 Å². The zero-order valence-corrected chi connectivity index (χ0v) is 9.60. The SMILES string of the molecule is Cc1cnc(C2CCC(C)C2)nc1C(=O)O. The van der Waals surface area contributed by atoms with Gasteiger partial charge in [-0.05, 0) is 32.1 Å². The summed E-state index contributed by atoms with van der Waals surface area (Å²) in [6.45, 7) is 3.94. The Morgan fingerprint density at radius 1 is 1.50 bits per heavy atom. The summed E-state index contributed by atoms with van der Waals surface area (Å²) in [5.74, 6) is 0.774. The number of hydrogen-bond acceptors (Lipinski definition) is 3. The Kier molecular flexibility index (Phi) is 2.90. The lowest BCUT2D eigenvalue weighted by molar-refractivity contribution is 0.0689. The zero-order chi connectivity index (χ0) is 11.7. The smallest absolute Gasteiger partial charge is 0.354 e. The molecule has 2 rings (SSSR count). The fourth-order valence-corrected chi connectivity index (χ4v) is 2.31. The summed E-state index contributed by atoms with van der Waals surface area (Å²) in [7, 11) is 0. The maximum atomic E-state index is 11.0. The molecule has 1 aliphatic carbocycles. The molecule has 1 aromatic heterocycles. The first-order valence-electron chi connectivity index (χ1n) is 5.64. The minimum absolute atomic E-state index is 0.143. The standard InChI is InChI=1S/C12H16N2O2/c1-7-3-4-9(5-7)11-13-6-8(2)10(14-11)12(15)16/h6-7,9H,3-5H2,1-2H3,(H,15,16). The van der Waals surface area contributed by atoms with E-state index in [9.17, 15) is 4.79 Å². The highest BCUT2D eigenvalue weighted by atomic mass is 16.4. The van der Waals surface area contributed by atoms with Gasteiger partial charge in [0, 0.05) is 17.7 Å². The lowest BCUT2D eigenvalue weighted by atomic mass is 10.1. The summed E-state index contributed by atoms with van der Waals surface area (Å²) in [6.07, 6.45) is 4.95. The lowest BCUT2D eigenvalue weighted by Crippen LogP contribution is -2.10. The van der Waals surface area contributed by atoms with E-state index in [1.807, 2.05) is 0 Å². The highest BCUT2D eigenvalue weighted by Crippen LogP contribution is 2.36. The third kappa shape index (κ3) is 2.05. The molecule has 2 unspecified atom stereocenters. The molecule has 1 aliphatic rings. The maximum absolute atomic E-state index is 11.0. The van der Waals surface area contributed by atoms with Crippen LogP contribution in [0.4, 0.5) is 0 Å². The minimum Gasteiger partial charge on any atom is -0.477 e. The van der Waals surface area contributed by atoms with Crippen LogP contribution in [-0.4, -0.2) is 21.0 Å². The molecular formula is C12H16N2O2. The molecule has 1 N–H and O–H groups in total. The Morgan fingerprint density at radius 3 is 2.81 bits per heavy atom. The Hall–Kier alpha value is -1.45. The lowest BCUT2D eigenvalue weighted by Gasteiger charge is -2.09. The van der Waals surface area contributed by atoms with Crippen LogP contribution < -0.4 is 0 Å². The molecule has 0 aromatic carbocycles. The Labute approximate surface area is 94.7 Å². The van der Waals surface area contributed by atoms with E-state index in [4.69, 9.17) is 5.11 Å². The first kappa shape index (κ1) is 11.0. The summed E-state index contributed by atoms with van der Waals surface area (Å²) >= 11 is 0. The fraction of sp³-hybridized carbons (Fsp3) is 0.583. The number of aryl methyl sites for hydroxylation is 1. The molecule has 0 saturated heterocycles. The number of carbonyl (C=O) groups is 1. The summed E-state index contributed by atoms with van der Waals surface area (Å²) in [5, 5.41) is 8.99. The van der Waals surface area contributed by atoms with Crippen molar-refractivity contribution < 1.29 is 9.90 Å². The molecule has 1 aromatic rings. The van der Waals surface area contributed by atoms with E-state index >= 15 is 0 Å². The molecular weight excluding hydrogens is 204 g/mol. The summed E-state index contributed by atoms with van der Waals surface area (Å²) in [4.78, 5) is 19.4. The molecule has 4 heteroatoms. The second kappa shape index (κ2) is 4.20. The highest BCUT2D eigenvalue weighted by Gasteiger charge is 2.26. The van der Waals surface area contributed by atoms with Crippen LogP contribution in [0.15, 0.2) is 6.20 Å². The number of carboxylic acids is 1. The van der Waals surface area contributed by atoms with Crippen molar-refractivity contribution in [1.29, 1.82) is 0 Å². The van der Waals surface area contributed by atoms with Crippen LogP contribution in [0.2, 0.25) is 0 Å². The van der Waals surface area contributed by atoms with Crippen molar-refractivity contribution in [3.63, 3.8) is 0 Å². The van der Waals surface area contributed by atoms with E-state index < -0.39 is 5.97 Å². The van der Waals surface area contributed by atoms with Crippen molar-refractivity contribution >= 4 is 5.97 Å². The number of aromatic nitrogens is 2. The molecule has 0 spiro atoms. The fourth-order valence-electron chi connectivity index (χ4n) is 2.31. The molecule has 0 amide bonds. The van der Waals surface area contributed by atoms with Crippen LogP contribution in [0.5, 0.6) is 0 Å². The third-order valence-electron chi connectivity index (χ3n) is 3.25. The van der Waals surface area contributed by atoms with Crippen LogP contribution in [-0.2, 0) is 0 Å². The van der Waals surface area contributed by atoms with Gasteiger partial charge in [0.2, 0.25) is 0 Å². The van der Waals surface area contributed by atoms with Gasteiger partial charge in [-0.1, -0.05) is 6.92 Å². The van der Waals surface area contributed by atoms with Gasteiger partial charge in [0.25, 0.3) is 0 Å². The number of aromatic carboxylic acids is 1. The van der Waals surface area contributed by atoms with E-state index in [0.717, 1.165) is 12.8 Å². The van der Waals surface area contributed by atoms with E-state index in [0.29, 0.717) is 23.2 Å². The van der Waals surface area contributed by atoms with E-state index in [-0.39, 0.29) is 5.69 Å². The zero-order valence-electron chi connectivity index (χ0n) is 9.60. The van der Waals surface area contributed by atoms with Crippen molar-refractivity contribution in [3.8, 4) is 0 Å². The van der Waals surface area contributed by atoms with Crippen LogP contribution in [0.3, 0.4) is 0 Å².